The van der Waals surface area contributed by atoms with Crippen molar-refractivity contribution in [1.29, 1.82) is 0 Å². The summed E-state index contributed by atoms with van der Waals surface area (Å²) in [7, 11) is 0. The predicted octanol–water partition coefficient (Wildman–Crippen LogP) is 1.96. The highest BCUT2D eigenvalue weighted by Gasteiger charge is 2.22. The molecule has 1 amide bonds. The van der Waals surface area contributed by atoms with Gasteiger partial charge in [0.1, 0.15) is 12.4 Å². The number of nitrogens with one attached hydrogen (secondary N) is 1. The number of pyridine rings is 1. The highest BCUT2D eigenvalue weighted by Crippen LogP contribution is 2.16. The number of nitrogens with zero attached hydrogens (tertiary/aromatic N) is 5. The van der Waals surface area contributed by atoms with Gasteiger partial charge in [-0.1, -0.05) is 24.3 Å². The molecule has 0 saturated heterocycles. The summed E-state index contributed by atoms with van der Waals surface area (Å²) in [6, 6.07) is 13.9. The van der Waals surface area contributed by atoms with E-state index in [0.29, 0.717) is 25.9 Å². The number of aryl methyl sites for hydroxylation is 1. The van der Waals surface area contributed by atoms with Crippen LogP contribution >= 0.6 is 0 Å². The summed E-state index contributed by atoms with van der Waals surface area (Å²) in [5.41, 5.74) is 1.89. The Hall–Kier alpha value is -3.68. The Morgan fingerprint density at radius 1 is 1.13 bits per heavy atom. The van der Waals surface area contributed by atoms with Gasteiger partial charge >= 0.3 is 5.69 Å². The van der Waals surface area contributed by atoms with E-state index < -0.39 is 0 Å². The summed E-state index contributed by atoms with van der Waals surface area (Å²) in [4.78, 5) is 29.5. The van der Waals surface area contributed by atoms with E-state index >= 15 is 0 Å². The summed E-state index contributed by atoms with van der Waals surface area (Å²) in [5, 5.41) is 8.80. The second-order valence-electron chi connectivity index (χ2n) is 7.96. The first-order valence-electron chi connectivity index (χ1n) is 10.6. The molecule has 1 aliphatic heterocycles. The topological polar surface area (TPSA) is 86.7 Å². The molecule has 0 aliphatic carbocycles. The third kappa shape index (κ3) is 4.01. The first-order chi connectivity index (χ1) is 15.2. The van der Waals surface area contributed by atoms with Crippen molar-refractivity contribution in [2.24, 2.45) is 0 Å². The molecule has 158 valence electrons. The van der Waals surface area contributed by atoms with Crippen molar-refractivity contribution in [3.8, 4) is 0 Å². The van der Waals surface area contributed by atoms with Crippen LogP contribution in [0.25, 0.3) is 10.9 Å². The monoisotopic (exact) mass is 416 g/mol. The molecule has 3 aromatic heterocycles. The van der Waals surface area contributed by atoms with Gasteiger partial charge in [-0.2, -0.15) is 5.10 Å². The van der Waals surface area contributed by atoms with Gasteiger partial charge in [0, 0.05) is 43.1 Å². The molecule has 4 aromatic rings. The van der Waals surface area contributed by atoms with Crippen molar-refractivity contribution in [3.63, 3.8) is 0 Å². The number of benzene rings is 1. The summed E-state index contributed by atoms with van der Waals surface area (Å²) in [6.07, 6.45) is 7.54. The molecule has 1 N–H and O–H groups in total. The predicted molar refractivity (Wildman–Crippen MR) is 117 cm³/mol. The second kappa shape index (κ2) is 8.22. The lowest BCUT2D eigenvalue weighted by atomic mass is 10.1. The van der Waals surface area contributed by atoms with Crippen molar-refractivity contribution in [2.45, 2.75) is 44.9 Å². The Balaban J connectivity index is 1.22. The molecule has 8 heteroatoms. The minimum atomic E-state index is -0.107. The molecule has 1 atom stereocenters. The Labute approximate surface area is 179 Å². The molecule has 1 aliphatic rings. The zero-order valence-electron chi connectivity index (χ0n) is 17.1. The average Bonchev–Trinajstić information content (AvgIpc) is 3.24. The van der Waals surface area contributed by atoms with Crippen molar-refractivity contribution in [3.05, 3.63) is 82.9 Å². The van der Waals surface area contributed by atoms with Crippen molar-refractivity contribution in [1.82, 2.24) is 29.2 Å². The molecule has 0 bridgehead atoms. The molecule has 4 heterocycles. The molecule has 5 rings (SSSR count). The van der Waals surface area contributed by atoms with Crippen LogP contribution in [-0.4, -0.2) is 35.8 Å². The summed E-state index contributed by atoms with van der Waals surface area (Å²) < 4.78 is 5.20. The van der Waals surface area contributed by atoms with Crippen LogP contribution in [0.15, 0.2) is 65.8 Å². The SMILES string of the molecule is O=C(Cn1ccc2ccccc21)NC1CCc2nn(Cc3cccnc3)c(=O)n2CC1. The van der Waals surface area contributed by atoms with Crippen LogP contribution in [-0.2, 0) is 30.8 Å². The van der Waals surface area contributed by atoms with Gasteiger partial charge < -0.3 is 9.88 Å². The number of carbonyl (C=O) groups excluding carboxylic acids is 1. The minimum Gasteiger partial charge on any atom is -0.352 e. The third-order valence-corrected chi connectivity index (χ3v) is 5.83. The maximum atomic E-state index is 12.8. The fraction of sp³-hybridized carbons (Fsp3) is 0.304. The van der Waals surface area contributed by atoms with E-state index in [-0.39, 0.29) is 24.2 Å². The molecule has 0 radical (unpaired) electrons. The fourth-order valence-corrected chi connectivity index (χ4v) is 4.25. The number of hydrogen-bond donors (Lipinski definition) is 1. The van der Waals surface area contributed by atoms with Crippen LogP contribution in [0.4, 0.5) is 0 Å². The van der Waals surface area contributed by atoms with Gasteiger partial charge in [-0.25, -0.2) is 9.48 Å². The van der Waals surface area contributed by atoms with E-state index in [9.17, 15) is 9.59 Å². The van der Waals surface area contributed by atoms with Gasteiger partial charge in [0.25, 0.3) is 0 Å². The number of carbonyl (C=O) groups is 1. The molecule has 1 unspecified atom stereocenters. The maximum Gasteiger partial charge on any atom is 0.346 e. The zero-order chi connectivity index (χ0) is 21.2. The Kier molecular flexibility index (Phi) is 5.11. The van der Waals surface area contributed by atoms with Crippen molar-refractivity contribution >= 4 is 16.8 Å². The summed E-state index contributed by atoms with van der Waals surface area (Å²) in [5.74, 6) is 0.766. The largest absolute Gasteiger partial charge is 0.352 e. The molecule has 8 nitrogen and oxygen atoms in total. The van der Waals surface area contributed by atoms with Crippen LogP contribution in [0.1, 0.15) is 24.2 Å². The molecule has 31 heavy (non-hydrogen) atoms. The van der Waals surface area contributed by atoms with Crippen LogP contribution < -0.4 is 11.0 Å². The Morgan fingerprint density at radius 3 is 2.90 bits per heavy atom. The van der Waals surface area contributed by atoms with E-state index in [2.05, 4.69) is 15.4 Å². The first kappa shape index (κ1) is 19.3. The lowest BCUT2D eigenvalue weighted by molar-refractivity contribution is -0.122. The quantitative estimate of drug-likeness (QED) is 0.539. The number of amides is 1. The second-order valence-corrected chi connectivity index (χ2v) is 7.96. The Bertz CT molecular complexity index is 1270. The zero-order valence-corrected chi connectivity index (χ0v) is 17.1. The highest BCUT2D eigenvalue weighted by atomic mass is 16.2. The lowest BCUT2D eigenvalue weighted by Gasteiger charge is -2.16. The molecule has 1 aromatic carbocycles. The molecular weight excluding hydrogens is 392 g/mol. The van der Waals surface area contributed by atoms with Crippen molar-refractivity contribution in [2.75, 3.05) is 0 Å². The van der Waals surface area contributed by atoms with Crippen LogP contribution in [0.5, 0.6) is 0 Å². The first-order valence-corrected chi connectivity index (χ1v) is 10.6. The van der Waals surface area contributed by atoms with E-state index in [4.69, 9.17) is 0 Å². The van der Waals surface area contributed by atoms with Crippen LogP contribution in [0, 0.1) is 0 Å². The molecule has 0 fully saturated rings. The van der Waals surface area contributed by atoms with Crippen LogP contribution in [0.2, 0.25) is 0 Å². The minimum absolute atomic E-state index is 0.0140. The smallest absolute Gasteiger partial charge is 0.346 e. The van der Waals surface area contributed by atoms with E-state index in [1.54, 1.807) is 17.0 Å². The number of rotatable bonds is 5. The van der Waals surface area contributed by atoms with Gasteiger partial charge in [0.05, 0.1) is 6.54 Å². The van der Waals surface area contributed by atoms with E-state index in [1.165, 1.54) is 4.68 Å². The van der Waals surface area contributed by atoms with Gasteiger partial charge in [-0.3, -0.25) is 14.3 Å². The van der Waals surface area contributed by atoms with Gasteiger partial charge in [-0.05, 0) is 42.0 Å². The third-order valence-electron chi connectivity index (χ3n) is 5.83. The molecular formula is C23H24N6O2. The average molecular weight is 416 g/mol. The van der Waals surface area contributed by atoms with Crippen molar-refractivity contribution < 1.29 is 4.79 Å². The standard InChI is InChI=1S/C23H24N6O2/c30-22(16-27-12-9-18-5-1-2-6-20(18)27)25-19-7-8-21-26-29(23(31)28(21)13-10-19)15-17-4-3-11-24-14-17/h1-6,9,11-12,14,19H,7-8,10,13,15-16H2,(H,25,30). The van der Waals surface area contributed by atoms with Gasteiger partial charge in [-0.15, -0.1) is 0 Å². The number of para-hydroxylation sites is 1. The van der Waals surface area contributed by atoms with Gasteiger partial charge in [0.2, 0.25) is 5.91 Å². The highest BCUT2D eigenvalue weighted by molar-refractivity contribution is 5.83. The van der Waals surface area contributed by atoms with E-state index in [0.717, 1.165) is 28.7 Å². The summed E-state index contributed by atoms with van der Waals surface area (Å²) >= 11 is 0. The lowest BCUT2D eigenvalue weighted by Crippen LogP contribution is -2.37. The molecule has 0 saturated carbocycles. The van der Waals surface area contributed by atoms with E-state index in [1.807, 2.05) is 53.2 Å². The molecule has 0 spiro atoms. The number of hydrogen-bond acceptors (Lipinski definition) is 4. The van der Waals surface area contributed by atoms with Gasteiger partial charge in [0.15, 0.2) is 0 Å². The Morgan fingerprint density at radius 2 is 2.03 bits per heavy atom. The van der Waals surface area contributed by atoms with Crippen LogP contribution in [0.3, 0.4) is 0 Å². The number of fused-ring (bicyclic) bond motifs is 2. The fourth-order valence-electron chi connectivity index (χ4n) is 4.25. The number of aromatic nitrogens is 5. The normalized spacial score (nSPS) is 16.1. The summed E-state index contributed by atoms with van der Waals surface area (Å²) in [6.45, 7) is 1.25. The maximum absolute atomic E-state index is 12.8.